The predicted octanol–water partition coefficient (Wildman–Crippen LogP) is 1.84. The van der Waals surface area contributed by atoms with Crippen molar-refractivity contribution in [3.8, 4) is 0 Å². The van der Waals surface area contributed by atoms with Gasteiger partial charge in [-0.15, -0.1) is 22.7 Å². The van der Waals surface area contributed by atoms with Crippen LogP contribution < -0.4 is 10.6 Å². The highest BCUT2D eigenvalue weighted by Gasteiger charge is 2.19. The molecule has 0 aliphatic heterocycles. The lowest BCUT2D eigenvalue weighted by molar-refractivity contribution is -0.139. The van der Waals surface area contributed by atoms with Crippen molar-refractivity contribution in [3.05, 3.63) is 44.8 Å². The Hall–Kier alpha value is -1.70. The summed E-state index contributed by atoms with van der Waals surface area (Å²) in [6.07, 6.45) is 0. The third-order valence-electron chi connectivity index (χ3n) is 3.16. The minimum Gasteiger partial charge on any atom is -0.346 e. The highest BCUT2D eigenvalue weighted by molar-refractivity contribution is 7.10. The molecule has 5 nitrogen and oxygen atoms in total. The van der Waals surface area contributed by atoms with E-state index in [-0.39, 0.29) is 6.04 Å². The number of carbonyl (C=O) groups is 2. The second-order valence-corrected chi connectivity index (χ2v) is 6.98. The number of carbonyl (C=O) groups excluding carboxylic acids is 2. The molecule has 0 spiro atoms. The van der Waals surface area contributed by atoms with Crippen LogP contribution in [0.25, 0.3) is 0 Å². The number of likely N-dealkylation sites (N-methyl/N-ethyl adjacent to an activating group) is 1. The summed E-state index contributed by atoms with van der Waals surface area (Å²) >= 11 is 3.18. The molecule has 0 radical (unpaired) electrons. The van der Waals surface area contributed by atoms with E-state index < -0.39 is 11.8 Å². The first-order valence-corrected chi connectivity index (χ1v) is 8.62. The van der Waals surface area contributed by atoms with E-state index in [1.807, 2.05) is 54.0 Å². The van der Waals surface area contributed by atoms with Gasteiger partial charge in [0.15, 0.2) is 0 Å². The minimum atomic E-state index is -0.600. The summed E-state index contributed by atoms with van der Waals surface area (Å²) in [5.41, 5.74) is 0. The zero-order chi connectivity index (χ0) is 15.9. The Balaban J connectivity index is 1.81. The number of hydrogen-bond donors (Lipinski definition) is 2. The van der Waals surface area contributed by atoms with Gasteiger partial charge in [-0.25, -0.2) is 0 Å². The van der Waals surface area contributed by atoms with Crippen LogP contribution in [-0.4, -0.2) is 37.4 Å². The van der Waals surface area contributed by atoms with Crippen molar-refractivity contribution in [2.24, 2.45) is 0 Å². The summed E-state index contributed by atoms with van der Waals surface area (Å²) in [5, 5.41) is 9.26. The number of nitrogens with one attached hydrogen (secondary N) is 2. The van der Waals surface area contributed by atoms with E-state index in [0.29, 0.717) is 13.1 Å². The van der Waals surface area contributed by atoms with E-state index in [4.69, 9.17) is 0 Å². The van der Waals surface area contributed by atoms with Gasteiger partial charge in [0.25, 0.3) is 0 Å². The van der Waals surface area contributed by atoms with E-state index in [1.165, 1.54) is 0 Å². The first-order valence-electron chi connectivity index (χ1n) is 6.86. The second-order valence-electron chi connectivity index (χ2n) is 4.97. The molecule has 0 fully saturated rings. The molecule has 2 N–H and O–H groups in total. The van der Waals surface area contributed by atoms with Gasteiger partial charge in [-0.05, 0) is 37.0 Å². The van der Waals surface area contributed by atoms with Crippen molar-refractivity contribution < 1.29 is 9.59 Å². The normalized spacial score (nSPS) is 12.1. The topological polar surface area (TPSA) is 61.4 Å². The average molecular weight is 337 g/mol. The number of thiophene rings is 2. The monoisotopic (exact) mass is 337 g/mol. The maximum Gasteiger partial charge on any atom is 0.309 e. The Labute approximate surface area is 138 Å². The van der Waals surface area contributed by atoms with Crippen LogP contribution >= 0.6 is 22.7 Å². The van der Waals surface area contributed by atoms with Crippen LogP contribution in [0, 0.1) is 0 Å². The molecule has 2 heterocycles. The zero-order valence-corrected chi connectivity index (χ0v) is 14.2. The summed E-state index contributed by atoms with van der Waals surface area (Å²) < 4.78 is 0. The molecule has 22 heavy (non-hydrogen) atoms. The molecule has 0 unspecified atom stereocenters. The molecule has 0 saturated carbocycles. The Morgan fingerprint density at radius 1 is 1.09 bits per heavy atom. The molecular weight excluding hydrogens is 318 g/mol. The lowest BCUT2D eigenvalue weighted by Crippen LogP contribution is -2.42. The summed E-state index contributed by atoms with van der Waals surface area (Å²) in [7, 11) is 3.90. The van der Waals surface area contributed by atoms with Gasteiger partial charge < -0.3 is 15.5 Å². The lowest BCUT2D eigenvalue weighted by atomic mass is 10.2. The van der Waals surface area contributed by atoms with Crippen LogP contribution in [-0.2, 0) is 16.1 Å². The molecule has 0 aromatic carbocycles. The van der Waals surface area contributed by atoms with Crippen LogP contribution in [0.2, 0.25) is 0 Å². The summed E-state index contributed by atoms with van der Waals surface area (Å²) in [6, 6.07) is 7.90. The number of nitrogens with zero attached hydrogens (tertiary/aromatic N) is 1. The van der Waals surface area contributed by atoms with Gasteiger partial charge in [-0.2, -0.15) is 0 Å². The quantitative estimate of drug-likeness (QED) is 0.791. The van der Waals surface area contributed by atoms with Crippen LogP contribution in [0.15, 0.2) is 35.0 Å². The fourth-order valence-electron chi connectivity index (χ4n) is 1.95. The van der Waals surface area contributed by atoms with Gasteiger partial charge >= 0.3 is 11.8 Å². The second kappa shape index (κ2) is 8.07. The number of hydrogen-bond acceptors (Lipinski definition) is 5. The molecule has 2 aromatic rings. The molecule has 0 saturated heterocycles. The molecule has 0 aliphatic carbocycles. The van der Waals surface area contributed by atoms with Gasteiger partial charge in [0.1, 0.15) is 0 Å². The van der Waals surface area contributed by atoms with Crippen molar-refractivity contribution in [3.63, 3.8) is 0 Å². The highest BCUT2D eigenvalue weighted by Crippen LogP contribution is 2.22. The largest absolute Gasteiger partial charge is 0.346 e. The molecule has 1 atom stereocenters. The number of amides is 2. The van der Waals surface area contributed by atoms with Crippen molar-refractivity contribution in [2.45, 2.75) is 12.6 Å². The van der Waals surface area contributed by atoms with E-state index in [1.54, 1.807) is 22.7 Å². The first-order chi connectivity index (χ1) is 10.6. The van der Waals surface area contributed by atoms with Crippen molar-refractivity contribution in [1.82, 2.24) is 15.5 Å². The van der Waals surface area contributed by atoms with Gasteiger partial charge in [0.05, 0.1) is 12.6 Å². The Kier molecular flexibility index (Phi) is 6.11. The van der Waals surface area contributed by atoms with Crippen LogP contribution in [0.1, 0.15) is 15.8 Å². The SMILES string of the molecule is CN(C)[C@@H](CNC(=O)C(=O)NCc1cccs1)c1cccs1. The van der Waals surface area contributed by atoms with E-state index in [0.717, 1.165) is 9.75 Å². The summed E-state index contributed by atoms with van der Waals surface area (Å²) in [4.78, 5) is 27.8. The van der Waals surface area contributed by atoms with Crippen molar-refractivity contribution >= 4 is 34.5 Å². The van der Waals surface area contributed by atoms with Gasteiger partial charge in [-0.3, -0.25) is 9.59 Å². The van der Waals surface area contributed by atoms with E-state index in [2.05, 4.69) is 10.6 Å². The van der Waals surface area contributed by atoms with E-state index in [9.17, 15) is 9.59 Å². The molecule has 2 rings (SSSR count). The summed E-state index contributed by atoms with van der Waals surface area (Å²) in [6.45, 7) is 0.782. The molecule has 2 amide bonds. The minimum absolute atomic E-state index is 0.0639. The fourth-order valence-corrected chi connectivity index (χ4v) is 3.52. The molecule has 118 valence electrons. The van der Waals surface area contributed by atoms with Crippen LogP contribution in [0.4, 0.5) is 0 Å². The van der Waals surface area contributed by atoms with E-state index >= 15 is 0 Å². The Morgan fingerprint density at radius 2 is 1.77 bits per heavy atom. The molecular formula is C15H19N3O2S2. The Morgan fingerprint density at radius 3 is 2.36 bits per heavy atom. The summed E-state index contributed by atoms with van der Waals surface area (Å²) in [5.74, 6) is -1.20. The maximum atomic E-state index is 11.9. The standard InChI is InChI=1S/C15H19N3O2S2/c1-18(2)12(13-6-4-8-22-13)10-17-15(20)14(19)16-9-11-5-3-7-21-11/h3-8,12H,9-10H2,1-2H3,(H,16,19)(H,17,20)/t12-/m0/s1. The first kappa shape index (κ1) is 16.7. The lowest BCUT2D eigenvalue weighted by Gasteiger charge is -2.23. The van der Waals surface area contributed by atoms with Gasteiger partial charge in [0.2, 0.25) is 0 Å². The van der Waals surface area contributed by atoms with Crippen LogP contribution in [0.3, 0.4) is 0 Å². The van der Waals surface area contributed by atoms with Crippen molar-refractivity contribution in [1.29, 1.82) is 0 Å². The zero-order valence-electron chi connectivity index (χ0n) is 12.5. The molecule has 7 heteroatoms. The fraction of sp³-hybridized carbons (Fsp3) is 0.333. The molecule has 2 aromatic heterocycles. The van der Waals surface area contributed by atoms with Gasteiger partial charge in [-0.1, -0.05) is 12.1 Å². The average Bonchev–Trinajstić information content (AvgIpc) is 3.17. The molecule has 0 bridgehead atoms. The predicted molar refractivity (Wildman–Crippen MR) is 89.9 cm³/mol. The Bertz CT molecular complexity index is 594. The third-order valence-corrected chi connectivity index (χ3v) is 5.01. The number of rotatable bonds is 6. The smallest absolute Gasteiger partial charge is 0.309 e. The third kappa shape index (κ3) is 4.66. The van der Waals surface area contributed by atoms with Crippen molar-refractivity contribution in [2.75, 3.05) is 20.6 Å². The molecule has 0 aliphatic rings. The highest BCUT2D eigenvalue weighted by atomic mass is 32.1. The van der Waals surface area contributed by atoms with Crippen LogP contribution in [0.5, 0.6) is 0 Å². The maximum absolute atomic E-state index is 11.9. The van der Waals surface area contributed by atoms with Gasteiger partial charge in [0, 0.05) is 16.3 Å².